The Balaban J connectivity index is 1.73. The van der Waals surface area contributed by atoms with Gasteiger partial charge < -0.3 is 10.6 Å². The van der Waals surface area contributed by atoms with Crippen molar-refractivity contribution in [3.05, 3.63) is 90.1 Å². The number of hydrogen-bond acceptors (Lipinski definition) is 5. The van der Waals surface area contributed by atoms with Crippen molar-refractivity contribution < 1.29 is 9.59 Å². The summed E-state index contributed by atoms with van der Waals surface area (Å²) in [7, 11) is 0. The molecule has 0 radical (unpaired) electrons. The van der Waals surface area contributed by atoms with E-state index in [1.54, 1.807) is 16.8 Å². The minimum absolute atomic E-state index is 0.173. The minimum Gasteiger partial charge on any atom is -0.321 e. The third-order valence-electron chi connectivity index (χ3n) is 5.21. The highest BCUT2D eigenvalue weighted by atomic mass is 32.1. The molecule has 2 N–H and O–H groups in total. The van der Waals surface area contributed by atoms with E-state index >= 15 is 0 Å². The van der Waals surface area contributed by atoms with Crippen LogP contribution in [0.4, 0.5) is 11.5 Å². The normalized spacial score (nSPS) is 10.9. The monoisotopic (exact) mass is 467 g/mol. The molecule has 2 aromatic heterocycles. The van der Waals surface area contributed by atoms with E-state index in [2.05, 4.69) is 15.7 Å². The Hall–Kier alpha value is -4.30. The number of fused-ring (bicyclic) bond motifs is 1. The molecular weight excluding hydrogens is 446 g/mol. The van der Waals surface area contributed by atoms with Gasteiger partial charge in [-0.15, -0.1) is 11.3 Å². The van der Waals surface area contributed by atoms with Crippen molar-refractivity contribution >= 4 is 44.9 Å². The van der Waals surface area contributed by atoms with Crippen molar-refractivity contribution in [1.29, 1.82) is 0 Å². The van der Waals surface area contributed by atoms with E-state index in [0.29, 0.717) is 22.1 Å². The first kappa shape index (κ1) is 21.5. The fourth-order valence-electron chi connectivity index (χ4n) is 3.63. The summed E-state index contributed by atoms with van der Waals surface area (Å²) in [5.74, 6) is -0.266. The van der Waals surface area contributed by atoms with Gasteiger partial charge in [-0.2, -0.15) is 5.10 Å². The fourth-order valence-corrected chi connectivity index (χ4v) is 4.64. The van der Waals surface area contributed by atoms with Gasteiger partial charge in [-0.05, 0) is 43.3 Å². The molecule has 0 saturated carbocycles. The summed E-state index contributed by atoms with van der Waals surface area (Å²) in [6.45, 7) is 3.42. The van der Waals surface area contributed by atoms with Crippen molar-refractivity contribution in [2.75, 3.05) is 10.6 Å². The first-order valence-corrected chi connectivity index (χ1v) is 11.5. The summed E-state index contributed by atoms with van der Waals surface area (Å²) in [4.78, 5) is 30.4. The highest BCUT2D eigenvalue weighted by Crippen LogP contribution is 2.38. The Bertz CT molecular complexity index is 1470. The number of aryl methyl sites for hydroxylation is 1. The van der Waals surface area contributed by atoms with E-state index in [0.717, 1.165) is 21.5 Å². The Labute approximate surface area is 200 Å². The number of para-hydroxylation sites is 2. The second-order valence-electron chi connectivity index (χ2n) is 7.81. The summed E-state index contributed by atoms with van der Waals surface area (Å²) in [6, 6.07) is 24.6. The van der Waals surface area contributed by atoms with Gasteiger partial charge in [-0.25, -0.2) is 9.67 Å². The summed E-state index contributed by atoms with van der Waals surface area (Å²) in [5, 5.41) is 11.1. The largest absolute Gasteiger partial charge is 0.321 e. The molecule has 0 spiro atoms. The average Bonchev–Trinajstić information content (AvgIpc) is 3.41. The number of nitrogens with zero attached hydrogens (tertiary/aromatic N) is 3. The fraction of sp³-hybridized carbons (Fsp3) is 0.0769. The number of aromatic nitrogens is 3. The van der Waals surface area contributed by atoms with E-state index in [1.807, 2.05) is 73.7 Å². The van der Waals surface area contributed by atoms with Crippen LogP contribution in [0.1, 0.15) is 23.0 Å². The molecule has 3 aromatic carbocycles. The van der Waals surface area contributed by atoms with Crippen molar-refractivity contribution in [1.82, 2.24) is 14.8 Å². The molecule has 0 saturated heterocycles. The van der Waals surface area contributed by atoms with Gasteiger partial charge >= 0.3 is 0 Å². The van der Waals surface area contributed by atoms with Crippen LogP contribution in [0.5, 0.6) is 0 Å². The van der Waals surface area contributed by atoms with Gasteiger partial charge in [0, 0.05) is 12.6 Å². The number of hydrogen-bond donors (Lipinski definition) is 2. The molecule has 34 heavy (non-hydrogen) atoms. The summed E-state index contributed by atoms with van der Waals surface area (Å²) < 4.78 is 2.56. The summed E-state index contributed by atoms with van der Waals surface area (Å²) in [5.41, 5.74) is 3.92. The lowest BCUT2D eigenvalue weighted by Gasteiger charge is -2.09. The lowest BCUT2D eigenvalue weighted by molar-refractivity contribution is -0.114. The van der Waals surface area contributed by atoms with Gasteiger partial charge in [0.25, 0.3) is 5.91 Å². The number of benzene rings is 3. The van der Waals surface area contributed by atoms with E-state index in [4.69, 9.17) is 4.98 Å². The van der Waals surface area contributed by atoms with Gasteiger partial charge in [0.1, 0.15) is 10.8 Å². The molecule has 8 heteroatoms. The lowest BCUT2D eigenvalue weighted by Crippen LogP contribution is -2.14. The van der Waals surface area contributed by atoms with Crippen LogP contribution in [0.15, 0.2) is 78.9 Å². The third-order valence-corrected chi connectivity index (χ3v) is 6.27. The molecule has 0 aliphatic heterocycles. The van der Waals surface area contributed by atoms with Crippen molar-refractivity contribution in [3.8, 4) is 16.3 Å². The maximum atomic E-state index is 13.4. The van der Waals surface area contributed by atoms with Gasteiger partial charge in [0.15, 0.2) is 5.69 Å². The molecule has 0 bridgehead atoms. The molecule has 2 amide bonds. The maximum absolute atomic E-state index is 13.4. The molecule has 168 valence electrons. The predicted molar refractivity (Wildman–Crippen MR) is 136 cm³/mol. The SMILES string of the molecule is CC(=O)Nc1c(-c2nc3ccccc3s2)c(C(=O)Nc2ccccc2)nn1-c1ccc(C)cc1. The van der Waals surface area contributed by atoms with E-state index in [1.165, 1.54) is 18.3 Å². The second kappa shape index (κ2) is 8.92. The number of amides is 2. The highest BCUT2D eigenvalue weighted by Gasteiger charge is 2.28. The van der Waals surface area contributed by atoms with E-state index < -0.39 is 5.91 Å². The van der Waals surface area contributed by atoms with Crippen LogP contribution in [0, 0.1) is 6.92 Å². The van der Waals surface area contributed by atoms with Crippen molar-refractivity contribution in [2.24, 2.45) is 0 Å². The molecule has 5 aromatic rings. The molecule has 0 atom stereocenters. The van der Waals surface area contributed by atoms with Gasteiger partial charge in [0.05, 0.1) is 21.5 Å². The second-order valence-corrected chi connectivity index (χ2v) is 8.84. The smallest absolute Gasteiger partial charge is 0.277 e. The third kappa shape index (κ3) is 4.18. The maximum Gasteiger partial charge on any atom is 0.277 e. The highest BCUT2D eigenvalue weighted by molar-refractivity contribution is 7.21. The van der Waals surface area contributed by atoms with Crippen LogP contribution < -0.4 is 10.6 Å². The Morgan fingerprint density at radius 1 is 0.882 bits per heavy atom. The number of thiazole rings is 1. The number of carbonyl (C=O) groups is 2. The van der Waals surface area contributed by atoms with Crippen LogP contribution in [0.3, 0.4) is 0 Å². The van der Waals surface area contributed by atoms with Gasteiger partial charge in [-0.3, -0.25) is 9.59 Å². The van der Waals surface area contributed by atoms with Crippen LogP contribution in [0.2, 0.25) is 0 Å². The topological polar surface area (TPSA) is 88.9 Å². The molecule has 0 aliphatic carbocycles. The molecule has 7 nitrogen and oxygen atoms in total. The zero-order chi connectivity index (χ0) is 23.7. The Morgan fingerprint density at radius 3 is 2.29 bits per heavy atom. The zero-order valence-corrected chi connectivity index (χ0v) is 19.4. The number of rotatable bonds is 5. The van der Waals surface area contributed by atoms with Crippen LogP contribution in [-0.4, -0.2) is 26.6 Å². The summed E-state index contributed by atoms with van der Waals surface area (Å²) >= 11 is 1.44. The van der Waals surface area contributed by atoms with Crippen LogP contribution >= 0.6 is 11.3 Å². The first-order chi connectivity index (χ1) is 16.5. The average molecular weight is 468 g/mol. The lowest BCUT2D eigenvalue weighted by atomic mass is 10.2. The molecule has 0 aliphatic rings. The molecule has 0 fully saturated rings. The predicted octanol–water partition coefficient (Wildman–Crippen LogP) is 5.67. The van der Waals surface area contributed by atoms with E-state index in [9.17, 15) is 9.59 Å². The molecule has 0 unspecified atom stereocenters. The minimum atomic E-state index is -0.391. The van der Waals surface area contributed by atoms with Gasteiger partial charge in [0.2, 0.25) is 5.91 Å². The number of carbonyl (C=O) groups excluding carboxylic acids is 2. The quantitative estimate of drug-likeness (QED) is 0.349. The number of anilines is 2. The van der Waals surface area contributed by atoms with E-state index in [-0.39, 0.29) is 11.6 Å². The number of nitrogens with one attached hydrogen (secondary N) is 2. The molecule has 5 rings (SSSR count). The Morgan fingerprint density at radius 2 is 1.59 bits per heavy atom. The first-order valence-electron chi connectivity index (χ1n) is 10.7. The zero-order valence-electron chi connectivity index (χ0n) is 18.6. The van der Waals surface area contributed by atoms with Crippen LogP contribution in [-0.2, 0) is 4.79 Å². The standard InChI is InChI=1S/C26H21N5O2S/c1-16-12-14-19(15-13-16)31-24(27-17(2)32)22(26-29-20-10-6-7-11-21(20)34-26)23(30-31)25(33)28-18-8-4-3-5-9-18/h3-15H,1-2H3,(H,27,32)(H,28,33). The Kier molecular flexibility index (Phi) is 5.65. The van der Waals surface area contributed by atoms with Crippen molar-refractivity contribution in [3.63, 3.8) is 0 Å². The molecular formula is C26H21N5O2S. The molecule has 2 heterocycles. The van der Waals surface area contributed by atoms with Crippen molar-refractivity contribution in [2.45, 2.75) is 13.8 Å². The van der Waals surface area contributed by atoms with Gasteiger partial charge in [-0.1, -0.05) is 48.0 Å². The van der Waals surface area contributed by atoms with Crippen LogP contribution in [0.25, 0.3) is 26.5 Å². The summed E-state index contributed by atoms with van der Waals surface area (Å²) in [6.07, 6.45) is 0.